The second kappa shape index (κ2) is 21.5. The van der Waals surface area contributed by atoms with Crippen molar-refractivity contribution in [2.45, 2.75) is 130 Å². The Morgan fingerprint density at radius 1 is 0.515 bits per heavy atom. The zero-order valence-corrected chi connectivity index (χ0v) is 35.7. The van der Waals surface area contributed by atoms with E-state index in [-0.39, 0.29) is 0 Å². The molecule has 0 bridgehead atoms. The van der Waals surface area contributed by atoms with Gasteiger partial charge in [-0.2, -0.15) is 38.4 Å². The molecule has 0 aromatic rings. The Bertz CT molecular complexity index is 2180. The summed E-state index contributed by atoms with van der Waals surface area (Å²) in [4.78, 5) is 36.6. The predicted octanol–water partition coefficient (Wildman–Crippen LogP) is -10.5. The van der Waals surface area contributed by atoms with Crippen molar-refractivity contribution in [3.05, 3.63) is 0 Å². The van der Waals surface area contributed by atoms with Crippen LogP contribution in [0.5, 0.6) is 0 Å². The van der Waals surface area contributed by atoms with Crippen LogP contribution in [0.4, 0.5) is 0 Å². The Morgan fingerprint density at radius 3 is 1.45 bits per heavy atom. The van der Waals surface area contributed by atoms with Crippen LogP contribution in [0.2, 0.25) is 0 Å². The normalized spacial score (nSPS) is 40.6. The molecular formula is C26H42N2O34S4. The Kier molecular flexibility index (Phi) is 18.3. The average molecular weight is 1050 g/mol. The van der Waals surface area contributed by atoms with E-state index in [0.29, 0.717) is 0 Å². The first kappa shape index (κ1) is 55.9. The second-order valence-electron chi connectivity index (χ2n) is 14.1. The number of carbonyl (C=O) groups excluding carboxylic acids is 1. The Labute approximate surface area is 369 Å². The maximum Gasteiger partial charge on any atom is 0.397 e. The highest BCUT2D eigenvalue weighted by Gasteiger charge is 2.58. The summed E-state index contributed by atoms with van der Waals surface area (Å²) in [5.41, 5.74) is 0. The SMILES string of the molecule is CC(=O)N[C@H]1[C@@H](O[C@H]2[C@H](O)[C@@H](O)[C@H](O[C@H]3[C@H](OS(=O)(=O)O)[C@@H](NS(=O)(=O)O)C(O)O[C@@H]3COS(=O)(=O)O)O[C@@H]2C(=O)O)O[C@H](COS(=O)(=O)O)[C@@H](O[C@@H]2O[C@@H](C(=O)O)[C@@H](O)[C@H](O)[C@H]2O)[C@@H]1O. The van der Waals surface area contributed by atoms with Gasteiger partial charge in [-0.3, -0.25) is 23.0 Å². The van der Waals surface area contributed by atoms with Gasteiger partial charge in [0.05, 0.1) is 13.2 Å². The lowest BCUT2D eigenvalue weighted by Gasteiger charge is -2.49. The fourth-order valence-corrected chi connectivity index (χ4v) is 8.45. The van der Waals surface area contributed by atoms with Crippen LogP contribution in [-0.4, -0.2) is 252 Å². The van der Waals surface area contributed by atoms with E-state index >= 15 is 0 Å². The van der Waals surface area contributed by atoms with Crippen LogP contribution < -0.4 is 10.0 Å². The van der Waals surface area contributed by atoms with E-state index in [1.54, 1.807) is 0 Å². The first-order valence-electron chi connectivity index (χ1n) is 17.8. The zero-order valence-electron chi connectivity index (χ0n) is 32.5. The fraction of sp³-hybridized carbons (Fsp3) is 0.885. The van der Waals surface area contributed by atoms with Crippen molar-refractivity contribution >= 4 is 59.3 Å². The topological polar surface area (TPSA) is 567 Å². The molecule has 0 spiro atoms. The second-order valence-corrected chi connectivity index (χ2v) is 18.6. The van der Waals surface area contributed by atoms with Gasteiger partial charge in [-0.25, -0.2) is 22.1 Å². The molecule has 15 N–H and O–H groups in total. The van der Waals surface area contributed by atoms with Crippen molar-refractivity contribution in [2.75, 3.05) is 13.2 Å². The molecule has 4 aliphatic rings. The van der Waals surface area contributed by atoms with Gasteiger partial charge in [-0.1, -0.05) is 0 Å². The highest BCUT2D eigenvalue weighted by molar-refractivity contribution is 7.83. The maximum absolute atomic E-state index is 12.6. The third-order valence-electron chi connectivity index (χ3n) is 9.46. The number of aliphatic carboxylic acids is 2. The molecule has 1 unspecified atom stereocenters. The largest absolute Gasteiger partial charge is 0.479 e. The summed E-state index contributed by atoms with van der Waals surface area (Å²) in [5.74, 6) is -5.19. The van der Waals surface area contributed by atoms with E-state index in [1.165, 1.54) is 4.72 Å². The molecule has 0 saturated carbocycles. The summed E-state index contributed by atoms with van der Waals surface area (Å²) in [7, 11) is -22.3. The van der Waals surface area contributed by atoms with Crippen molar-refractivity contribution in [2.24, 2.45) is 0 Å². The number of carboxylic acid groups (broad SMARTS) is 2. The number of ether oxygens (including phenoxy) is 7. The molecule has 66 heavy (non-hydrogen) atoms. The molecule has 20 atom stereocenters. The number of rotatable bonds is 19. The number of hydrogen-bond donors (Lipinski definition) is 15. The monoisotopic (exact) mass is 1050 g/mol. The molecule has 4 saturated heterocycles. The standard InChI is InChI=1S/C26H42N2O34S4/c1-4(29)27-7-9(30)15(57-25-13(34)10(31)11(32)19(60-25)21(36)37)5(2-53-64(44,45)46)56-24(7)59-18-12(33)14(35)26(61-20(18)22(38)39)58-16-6(3-54-65(47,48)49)55-23(40)8(28-63(41,42)43)17(16)62-66(50,51)52/h5-20,23-26,28,30-35,40H,2-3H2,1H3,(H,27,29)(H,36,37)(H,38,39)(H,41,42,43)(H,44,45,46)(H,47,48,49)(H,50,51,52)/t5-,6-,7-,8-,9-,10+,11+,12-,13-,14-,15-,16-,17-,18+,19-,20+,23?,24-,25-,26-/m1/s1. The van der Waals surface area contributed by atoms with Crippen LogP contribution in [0.1, 0.15) is 6.92 Å². The van der Waals surface area contributed by atoms with Gasteiger partial charge < -0.3 is 84.4 Å². The number of carbonyl (C=O) groups is 3. The van der Waals surface area contributed by atoms with Crippen LogP contribution in [0, 0.1) is 0 Å². The summed E-state index contributed by atoms with van der Waals surface area (Å²) >= 11 is 0. The number of amides is 1. The van der Waals surface area contributed by atoms with E-state index in [2.05, 4.69) is 17.9 Å². The molecule has 4 aliphatic heterocycles. The molecule has 40 heteroatoms. The number of carboxylic acids is 2. The lowest BCUT2D eigenvalue weighted by atomic mass is 9.94. The van der Waals surface area contributed by atoms with Crippen molar-refractivity contribution < 1.29 is 158 Å². The highest BCUT2D eigenvalue weighted by Crippen LogP contribution is 2.36. The van der Waals surface area contributed by atoms with Gasteiger partial charge >= 0.3 is 53.4 Å². The summed E-state index contributed by atoms with van der Waals surface area (Å²) in [5, 5.41) is 96.8. The third-order valence-corrected chi connectivity index (χ3v) is 11.4. The molecular weight excluding hydrogens is 1010 g/mol. The lowest BCUT2D eigenvalue weighted by Crippen LogP contribution is -2.70. The predicted molar refractivity (Wildman–Crippen MR) is 190 cm³/mol. The number of hydrogen-bond acceptors (Lipinski definition) is 28. The summed E-state index contributed by atoms with van der Waals surface area (Å²) in [6.45, 7) is -2.20. The molecule has 36 nitrogen and oxygen atoms in total. The highest BCUT2D eigenvalue weighted by atomic mass is 32.3. The summed E-state index contributed by atoms with van der Waals surface area (Å²) < 4.78 is 181. The summed E-state index contributed by atoms with van der Waals surface area (Å²) in [6, 6.07) is -4.74. The molecule has 4 heterocycles. The van der Waals surface area contributed by atoms with Crippen molar-refractivity contribution in [3.63, 3.8) is 0 Å². The molecule has 1 amide bonds. The van der Waals surface area contributed by atoms with Gasteiger partial charge in [0.1, 0.15) is 85.3 Å². The molecule has 0 aliphatic carbocycles. The zero-order chi connectivity index (χ0) is 50.2. The van der Waals surface area contributed by atoms with Crippen LogP contribution in [-0.2, 0) is 102 Å². The van der Waals surface area contributed by atoms with Gasteiger partial charge in [0, 0.05) is 6.92 Å². The van der Waals surface area contributed by atoms with Crippen LogP contribution in [0.15, 0.2) is 0 Å². The Morgan fingerprint density at radius 2 is 0.985 bits per heavy atom. The lowest BCUT2D eigenvalue weighted by molar-refractivity contribution is -0.369. The third kappa shape index (κ3) is 14.7. The van der Waals surface area contributed by atoms with Gasteiger partial charge in [0.25, 0.3) is 0 Å². The van der Waals surface area contributed by atoms with E-state index in [1.807, 2.05) is 0 Å². The molecule has 4 fully saturated rings. The quantitative estimate of drug-likeness (QED) is 0.0534. The van der Waals surface area contributed by atoms with Crippen LogP contribution in [0.3, 0.4) is 0 Å². The average Bonchev–Trinajstić information content (AvgIpc) is 3.15. The molecule has 4 rings (SSSR count). The first-order chi connectivity index (χ1) is 30.1. The number of aliphatic hydroxyl groups excluding tert-OH is 7. The Hall–Kier alpha value is -2.67. The first-order valence-corrected chi connectivity index (χ1v) is 23.3. The molecule has 384 valence electrons. The van der Waals surface area contributed by atoms with E-state index in [0.717, 1.165) is 6.92 Å². The van der Waals surface area contributed by atoms with Crippen molar-refractivity contribution in [3.8, 4) is 0 Å². The molecule has 0 aromatic heterocycles. The number of nitrogens with one attached hydrogen (secondary N) is 2. The molecule has 0 radical (unpaired) electrons. The van der Waals surface area contributed by atoms with Gasteiger partial charge in [0.15, 0.2) is 37.4 Å². The Balaban J connectivity index is 1.71. The van der Waals surface area contributed by atoms with Crippen LogP contribution >= 0.6 is 0 Å². The smallest absolute Gasteiger partial charge is 0.397 e. The van der Waals surface area contributed by atoms with E-state index in [4.69, 9.17) is 37.7 Å². The van der Waals surface area contributed by atoms with Gasteiger partial charge in [-0.05, 0) is 0 Å². The van der Waals surface area contributed by atoms with Crippen LogP contribution in [0.25, 0.3) is 0 Å². The minimum atomic E-state index is -5.84. The van der Waals surface area contributed by atoms with Crippen molar-refractivity contribution in [1.29, 1.82) is 0 Å². The minimum Gasteiger partial charge on any atom is -0.479 e. The summed E-state index contributed by atoms with van der Waals surface area (Å²) in [6.07, 6.45) is -44.9. The van der Waals surface area contributed by atoms with E-state index < -0.39 is 195 Å². The molecule has 0 aromatic carbocycles. The maximum atomic E-state index is 12.6. The van der Waals surface area contributed by atoms with Crippen molar-refractivity contribution in [1.82, 2.24) is 10.0 Å². The van der Waals surface area contributed by atoms with E-state index in [9.17, 15) is 108 Å². The number of aliphatic hydroxyl groups is 7. The minimum absolute atomic E-state index is 0.804. The van der Waals surface area contributed by atoms with Gasteiger partial charge in [-0.15, -0.1) is 0 Å². The fourth-order valence-electron chi connectivity index (χ4n) is 6.73. The van der Waals surface area contributed by atoms with Gasteiger partial charge in [0.2, 0.25) is 5.91 Å².